The average molecular weight is 689 g/mol. The molecular weight excluding hydrogens is 673 g/mol. The molecule has 16 heteroatoms. The second-order valence-corrected chi connectivity index (χ2v) is 11.9. The fourth-order valence-corrected chi connectivity index (χ4v) is 6.16. The van der Waals surface area contributed by atoms with Gasteiger partial charge in [-0.25, -0.2) is 16.8 Å². The zero-order valence-electron chi connectivity index (χ0n) is 22.9. The van der Waals surface area contributed by atoms with Crippen molar-refractivity contribution in [2.45, 2.75) is 0 Å². The first-order chi connectivity index (χ1) is 19.9. The van der Waals surface area contributed by atoms with Gasteiger partial charge in [-0.1, -0.05) is 59.6 Å². The second-order valence-electron chi connectivity index (χ2n) is 9.12. The van der Waals surface area contributed by atoms with E-state index in [1.165, 1.54) is 12.1 Å². The Labute approximate surface area is 306 Å². The van der Waals surface area contributed by atoms with Crippen LogP contribution in [0.25, 0.3) is 32.3 Å². The molecule has 0 unspecified atom stereocenters. The quantitative estimate of drug-likeness (QED) is 0.103. The maximum atomic E-state index is 11.8. The monoisotopic (exact) mass is 688 g/mol. The summed E-state index contributed by atoms with van der Waals surface area (Å²) in [6, 6.07) is 23.3. The molecule has 0 bridgehead atoms. The van der Waals surface area contributed by atoms with Crippen LogP contribution in [0.5, 0.6) is 11.5 Å². The second kappa shape index (κ2) is 13.4. The van der Waals surface area contributed by atoms with Crippen LogP contribution in [0, 0.1) is 0 Å². The first-order valence-electron chi connectivity index (χ1n) is 12.0. The zero-order chi connectivity index (χ0) is 29.8. The van der Waals surface area contributed by atoms with Gasteiger partial charge in [0.2, 0.25) is 0 Å². The molecule has 0 heterocycles. The van der Waals surface area contributed by atoms with Gasteiger partial charge in [-0.15, -0.1) is 0 Å². The van der Waals surface area contributed by atoms with Gasteiger partial charge in [-0.3, -0.25) is 0 Å². The van der Waals surface area contributed by atoms with Gasteiger partial charge in [0.1, 0.15) is 0 Å². The summed E-state index contributed by atoms with van der Waals surface area (Å²) < 4.78 is 80.3. The predicted molar refractivity (Wildman–Crippen MR) is 160 cm³/mol. The van der Waals surface area contributed by atoms with Gasteiger partial charge in [0.15, 0.2) is 11.5 Å². The Hall–Kier alpha value is -2.04. The largest absolute Gasteiger partial charge is 1.00 e. The van der Waals surface area contributed by atoms with E-state index in [-0.39, 0.29) is 102 Å². The van der Waals surface area contributed by atoms with Crippen LogP contribution in [0.15, 0.2) is 84.9 Å². The van der Waals surface area contributed by atoms with Crippen LogP contribution in [0.2, 0.25) is 10.0 Å². The van der Waals surface area contributed by atoms with Crippen LogP contribution >= 0.6 is 23.2 Å². The molecule has 6 aromatic carbocycles. The molecule has 10 nitrogen and oxygen atoms in total. The van der Waals surface area contributed by atoms with E-state index in [0.29, 0.717) is 33.5 Å². The predicted octanol–water partition coefficient (Wildman–Crippen LogP) is 1.06. The molecule has 0 atom stereocenters. The smallest absolute Gasteiger partial charge is 0.716 e. The number of hydrogen-bond donors (Lipinski definition) is 2. The van der Waals surface area contributed by atoms with Gasteiger partial charge in [-0.2, -0.15) is 0 Å². The zero-order valence-corrected chi connectivity index (χ0v) is 30.1. The minimum atomic E-state index is -5.26. The van der Waals surface area contributed by atoms with E-state index in [1.807, 2.05) is 0 Å². The van der Waals surface area contributed by atoms with Crippen molar-refractivity contribution in [3.63, 3.8) is 0 Å². The fourth-order valence-electron chi connectivity index (χ4n) is 4.96. The molecule has 44 heavy (non-hydrogen) atoms. The summed E-state index contributed by atoms with van der Waals surface area (Å²) >= 11 is 13.3. The van der Waals surface area contributed by atoms with Gasteiger partial charge in [0.05, 0.1) is 32.2 Å². The molecule has 0 spiro atoms. The van der Waals surface area contributed by atoms with E-state index >= 15 is 0 Å². The van der Waals surface area contributed by atoms with Crippen LogP contribution in [-0.2, 0) is 20.8 Å². The molecule has 0 aromatic heterocycles. The minimum Gasteiger partial charge on any atom is -0.716 e. The first-order valence-corrected chi connectivity index (χ1v) is 15.4. The molecule has 0 saturated carbocycles. The molecule has 0 radical (unpaired) electrons. The number of benzene rings is 6. The third-order valence-corrected chi connectivity index (χ3v) is 7.81. The standard InChI is InChI=1S/C28H18Cl2N2O8S2.2Na/c29-19-14-24(40-42(36,37)38)28-22(32-16-9-5-2-6-10-16)12-18-20(30)13-23(39-41(33,34)35)27-21(11-17(19)26(28)25(18)27)31-15-7-3-1-4-8-15;;/h1-14,31-32H,(H,33,34,35)(H,36,37,38);;/q;2*+1/p-2. The van der Waals surface area contributed by atoms with Gasteiger partial charge in [-0.05, 0) is 36.4 Å². The number of nitrogens with one attached hydrogen (secondary N) is 2. The van der Waals surface area contributed by atoms with Crippen molar-refractivity contribution in [3.8, 4) is 11.5 Å². The summed E-state index contributed by atoms with van der Waals surface area (Å²) in [6.45, 7) is 0. The SMILES string of the molecule is O=S(=O)([O-])Oc1cc(Cl)c2cc(Nc3ccccc3)c3c(OS(=O)(=O)[O-])cc(Cl)c4cc(Nc5ccccc5)c1c2c43.[Na+].[Na+]. The molecule has 0 fully saturated rings. The number of rotatable bonds is 8. The van der Waals surface area contributed by atoms with Crippen LogP contribution in [0.4, 0.5) is 22.7 Å². The molecule has 6 rings (SSSR count). The van der Waals surface area contributed by atoms with Crippen molar-refractivity contribution in [2.75, 3.05) is 10.6 Å². The third-order valence-electron chi connectivity index (χ3n) is 6.42. The number of halogens is 2. The van der Waals surface area contributed by atoms with Gasteiger partial charge < -0.3 is 28.1 Å². The Morgan fingerprint density at radius 2 is 0.886 bits per heavy atom. The van der Waals surface area contributed by atoms with Gasteiger partial charge >= 0.3 is 59.1 Å². The normalized spacial score (nSPS) is 11.6. The summed E-state index contributed by atoms with van der Waals surface area (Å²) in [7, 11) is -10.5. The molecule has 6 aromatic rings. The van der Waals surface area contributed by atoms with Crippen molar-refractivity contribution < 1.29 is 93.4 Å². The van der Waals surface area contributed by atoms with E-state index in [4.69, 9.17) is 31.6 Å². The summed E-state index contributed by atoms with van der Waals surface area (Å²) in [5.41, 5.74) is 1.81. The van der Waals surface area contributed by atoms with Crippen LogP contribution < -0.4 is 78.1 Å². The van der Waals surface area contributed by atoms with E-state index in [1.54, 1.807) is 72.8 Å². The van der Waals surface area contributed by atoms with Crippen molar-refractivity contribution in [3.05, 3.63) is 95.0 Å². The van der Waals surface area contributed by atoms with Crippen molar-refractivity contribution in [2.24, 2.45) is 0 Å². The van der Waals surface area contributed by atoms with Crippen molar-refractivity contribution in [1.82, 2.24) is 0 Å². The molecule has 214 valence electrons. The Morgan fingerprint density at radius 3 is 1.20 bits per heavy atom. The number of para-hydroxylation sites is 2. The Balaban J connectivity index is 0.00000221. The summed E-state index contributed by atoms with van der Waals surface area (Å²) in [6.07, 6.45) is 0. The molecule has 0 aliphatic carbocycles. The van der Waals surface area contributed by atoms with Crippen molar-refractivity contribution >= 4 is 99.1 Å². The van der Waals surface area contributed by atoms with E-state index < -0.39 is 20.8 Å². The van der Waals surface area contributed by atoms with Crippen molar-refractivity contribution in [1.29, 1.82) is 0 Å². The maximum absolute atomic E-state index is 11.8. The fraction of sp³-hybridized carbons (Fsp3) is 0. The van der Waals surface area contributed by atoms with Crippen LogP contribution in [-0.4, -0.2) is 25.9 Å². The minimum absolute atomic E-state index is 0. The summed E-state index contributed by atoms with van der Waals surface area (Å²) in [4.78, 5) is 0. The van der Waals surface area contributed by atoms with E-state index in [0.717, 1.165) is 0 Å². The molecule has 2 N–H and O–H groups in total. The molecular formula is C28H16Cl2N2Na2O8S2. The average Bonchev–Trinajstić information content (AvgIpc) is 2.90. The molecule has 0 aliphatic rings. The number of anilines is 4. The third kappa shape index (κ3) is 7.17. The van der Waals surface area contributed by atoms with Crippen LogP contribution in [0.1, 0.15) is 0 Å². The number of hydrogen-bond acceptors (Lipinski definition) is 10. The molecule has 0 amide bonds. The Morgan fingerprint density at radius 1 is 0.545 bits per heavy atom. The van der Waals surface area contributed by atoms with E-state index in [2.05, 4.69) is 10.6 Å². The molecule has 0 saturated heterocycles. The summed E-state index contributed by atoms with van der Waals surface area (Å²) in [5.74, 6) is -0.765. The van der Waals surface area contributed by atoms with E-state index in [9.17, 15) is 25.9 Å². The van der Waals surface area contributed by atoms with Crippen LogP contribution in [0.3, 0.4) is 0 Å². The van der Waals surface area contributed by atoms with Gasteiger partial charge in [0, 0.05) is 45.1 Å². The van der Waals surface area contributed by atoms with Gasteiger partial charge in [0.25, 0.3) is 20.8 Å². The summed E-state index contributed by atoms with van der Waals surface area (Å²) in [5, 5.41) is 7.93. The maximum Gasteiger partial charge on any atom is 1.00 e. The topological polar surface area (TPSA) is 157 Å². The molecule has 0 aliphatic heterocycles. The Bertz CT molecular complexity index is 2070. The first kappa shape index (κ1) is 34.8. The Kier molecular flexibility index (Phi) is 10.6.